The van der Waals surface area contributed by atoms with Crippen LogP contribution in [0.2, 0.25) is 0 Å². The van der Waals surface area contributed by atoms with E-state index in [1.165, 1.54) is 11.3 Å². The minimum Gasteiger partial charge on any atom is -0.399 e. The number of nitrogens with zero attached hydrogens (tertiary/aromatic N) is 1. The Labute approximate surface area is 115 Å². The highest BCUT2D eigenvalue weighted by Gasteiger charge is 2.08. The highest BCUT2D eigenvalue weighted by atomic mass is 32.1. The molecule has 0 aliphatic heterocycles. The number of rotatable bonds is 3. The predicted molar refractivity (Wildman–Crippen MR) is 79.7 cm³/mol. The van der Waals surface area contributed by atoms with E-state index in [-0.39, 0.29) is 6.03 Å². The molecular weight excluding hydrogens is 260 g/mol. The van der Waals surface area contributed by atoms with Crippen molar-refractivity contribution in [3.8, 4) is 0 Å². The van der Waals surface area contributed by atoms with E-state index in [4.69, 9.17) is 5.73 Å². The van der Waals surface area contributed by atoms with E-state index in [2.05, 4.69) is 29.5 Å². The van der Waals surface area contributed by atoms with Gasteiger partial charge in [-0.25, -0.2) is 9.78 Å². The van der Waals surface area contributed by atoms with Crippen LogP contribution in [0.4, 0.5) is 21.3 Å². The first-order valence-electron chi connectivity index (χ1n) is 5.94. The van der Waals surface area contributed by atoms with E-state index in [1.807, 2.05) is 0 Å². The van der Waals surface area contributed by atoms with Gasteiger partial charge in [-0.1, -0.05) is 13.8 Å². The van der Waals surface area contributed by atoms with Crippen LogP contribution in [0, 0.1) is 0 Å². The third-order valence-corrected chi connectivity index (χ3v) is 3.69. The molecule has 0 radical (unpaired) electrons. The summed E-state index contributed by atoms with van der Waals surface area (Å²) >= 11 is 1.48. The van der Waals surface area contributed by atoms with Gasteiger partial charge in [-0.15, -0.1) is 11.3 Å². The Hall–Kier alpha value is -2.08. The molecule has 6 heteroatoms. The fraction of sp³-hybridized carbons (Fsp3) is 0.231. The molecule has 2 rings (SSSR count). The van der Waals surface area contributed by atoms with E-state index < -0.39 is 0 Å². The highest BCUT2D eigenvalue weighted by molar-refractivity contribution is 7.15. The van der Waals surface area contributed by atoms with Crippen molar-refractivity contribution in [3.63, 3.8) is 0 Å². The fourth-order valence-electron chi connectivity index (χ4n) is 1.44. The molecule has 1 aromatic carbocycles. The standard InChI is InChI=1S/C13H16N4OS/c1-8(2)11-7-15-13(19-11)17-12(18)16-10-5-3-9(14)4-6-10/h3-8H,14H2,1-2H3,(H2,15,16,17,18). The van der Waals surface area contributed by atoms with E-state index in [1.54, 1.807) is 30.5 Å². The first-order chi connectivity index (χ1) is 9.04. The Morgan fingerprint density at radius 2 is 1.95 bits per heavy atom. The summed E-state index contributed by atoms with van der Waals surface area (Å²) in [7, 11) is 0. The minimum absolute atomic E-state index is 0.311. The Balaban J connectivity index is 1.95. The Morgan fingerprint density at radius 3 is 2.53 bits per heavy atom. The quantitative estimate of drug-likeness (QED) is 0.751. The summed E-state index contributed by atoms with van der Waals surface area (Å²) in [6, 6.07) is 6.65. The molecule has 0 unspecified atom stereocenters. The lowest BCUT2D eigenvalue weighted by Crippen LogP contribution is -2.19. The molecule has 0 aliphatic rings. The lowest BCUT2D eigenvalue weighted by atomic mass is 10.2. The molecule has 0 saturated carbocycles. The van der Waals surface area contributed by atoms with Gasteiger partial charge in [-0.2, -0.15) is 0 Å². The summed E-state index contributed by atoms with van der Waals surface area (Å²) < 4.78 is 0. The second-order valence-corrected chi connectivity index (χ2v) is 5.49. The van der Waals surface area contributed by atoms with Crippen molar-refractivity contribution in [2.75, 3.05) is 16.4 Å². The van der Waals surface area contributed by atoms with Crippen LogP contribution < -0.4 is 16.4 Å². The molecule has 5 nitrogen and oxygen atoms in total. The maximum absolute atomic E-state index is 11.8. The molecule has 2 amide bonds. The van der Waals surface area contributed by atoms with Gasteiger partial charge in [0, 0.05) is 22.4 Å². The van der Waals surface area contributed by atoms with Crippen LogP contribution in [0.3, 0.4) is 0 Å². The number of hydrogen-bond acceptors (Lipinski definition) is 4. The van der Waals surface area contributed by atoms with Gasteiger partial charge in [-0.3, -0.25) is 5.32 Å². The van der Waals surface area contributed by atoms with Gasteiger partial charge in [0.2, 0.25) is 0 Å². The Bertz CT molecular complexity index is 562. The lowest BCUT2D eigenvalue weighted by molar-refractivity contribution is 0.262. The zero-order valence-corrected chi connectivity index (χ0v) is 11.6. The maximum atomic E-state index is 11.8. The SMILES string of the molecule is CC(C)c1cnc(NC(=O)Nc2ccc(N)cc2)s1. The summed E-state index contributed by atoms with van der Waals surface area (Å²) in [6.45, 7) is 4.18. The van der Waals surface area contributed by atoms with Crippen LogP contribution in [-0.2, 0) is 0 Å². The number of amides is 2. The second kappa shape index (κ2) is 5.71. The van der Waals surface area contributed by atoms with Gasteiger partial charge in [0.25, 0.3) is 0 Å². The number of hydrogen-bond donors (Lipinski definition) is 3. The van der Waals surface area contributed by atoms with Crippen molar-refractivity contribution in [1.29, 1.82) is 0 Å². The fourth-order valence-corrected chi connectivity index (χ4v) is 2.25. The van der Waals surface area contributed by atoms with Crippen LogP contribution in [0.5, 0.6) is 0 Å². The highest BCUT2D eigenvalue weighted by Crippen LogP contribution is 2.25. The molecule has 2 aromatic rings. The molecule has 19 heavy (non-hydrogen) atoms. The number of carbonyl (C=O) groups excluding carboxylic acids is 1. The average molecular weight is 276 g/mol. The monoisotopic (exact) mass is 276 g/mol. The third-order valence-electron chi connectivity index (χ3n) is 2.48. The molecule has 1 heterocycles. The number of carbonyl (C=O) groups is 1. The number of urea groups is 1. The number of benzene rings is 1. The van der Waals surface area contributed by atoms with Crippen LogP contribution >= 0.6 is 11.3 Å². The van der Waals surface area contributed by atoms with Crippen LogP contribution in [0.1, 0.15) is 24.6 Å². The summed E-state index contributed by atoms with van der Waals surface area (Å²) in [5.41, 5.74) is 6.92. The first kappa shape index (κ1) is 13.4. The normalized spacial score (nSPS) is 10.5. The van der Waals surface area contributed by atoms with Crippen molar-refractivity contribution >= 4 is 33.9 Å². The van der Waals surface area contributed by atoms with Gasteiger partial charge >= 0.3 is 6.03 Å². The zero-order chi connectivity index (χ0) is 13.8. The molecule has 4 N–H and O–H groups in total. The van der Waals surface area contributed by atoms with Gasteiger partial charge in [-0.05, 0) is 30.2 Å². The predicted octanol–water partition coefficient (Wildman–Crippen LogP) is 3.49. The number of nitrogens with two attached hydrogens (primary N) is 1. The smallest absolute Gasteiger partial charge is 0.325 e. The zero-order valence-electron chi connectivity index (χ0n) is 10.8. The maximum Gasteiger partial charge on any atom is 0.325 e. The molecule has 0 atom stereocenters. The van der Waals surface area contributed by atoms with Crippen LogP contribution in [0.25, 0.3) is 0 Å². The Kier molecular flexibility index (Phi) is 4.01. The molecule has 0 fully saturated rings. The Morgan fingerprint density at radius 1 is 1.26 bits per heavy atom. The van der Waals surface area contributed by atoms with Gasteiger partial charge < -0.3 is 11.1 Å². The summed E-state index contributed by atoms with van der Waals surface area (Å²) in [5.74, 6) is 0.410. The lowest BCUT2D eigenvalue weighted by Gasteiger charge is -2.05. The van der Waals surface area contributed by atoms with Crippen LogP contribution in [-0.4, -0.2) is 11.0 Å². The van der Waals surface area contributed by atoms with E-state index >= 15 is 0 Å². The number of nitrogens with one attached hydrogen (secondary N) is 2. The van der Waals surface area contributed by atoms with Gasteiger partial charge in [0.05, 0.1) is 0 Å². The molecule has 0 saturated heterocycles. The van der Waals surface area contributed by atoms with Crippen molar-refractivity contribution in [1.82, 2.24) is 4.98 Å². The third kappa shape index (κ3) is 3.69. The first-order valence-corrected chi connectivity index (χ1v) is 6.75. The second-order valence-electron chi connectivity index (χ2n) is 4.42. The minimum atomic E-state index is -0.311. The van der Waals surface area contributed by atoms with Crippen molar-refractivity contribution in [2.45, 2.75) is 19.8 Å². The molecule has 1 aromatic heterocycles. The topological polar surface area (TPSA) is 80.0 Å². The molecular formula is C13H16N4OS. The van der Waals surface area contributed by atoms with Gasteiger partial charge in [0.1, 0.15) is 0 Å². The van der Waals surface area contributed by atoms with E-state index in [9.17, 15) is 4.79 Å². The molecule has 100 valence electrons. The van der Waals surface area contributed by atoms with Crippen molar-refractivity contribution in [3.05, 3.63) is 35.3 Å². The van der Waals surface area contributed by atoms with Crippen molar-refractivity contribution < 1.29 is 4.79 Å². The number of aromatic nitrogens is 1. The summed E-state index contributed by atoms with van der Waals surface area (Å²) in [5, 5.41) is 6.02. The van der Waals surface area contributed by atoms with E-state index in [0.29, 0.717) is 22.4 Å². The summed E-state index contributed by atoms with van der Waals surface area (Å²) in [4.78, 5) is 17.1. The number of thiazole rings is 1. The largest absolute Gasteiger partial charge is 0.399 e. The summed E-state index contributed by atoms with van der Waals surface area (Å²) in [6.07, 6.45) is 1.79. The number of anilines is 3. The molecule has 0 bridgehead atoms. The van der Waals surface area contributed by atoms with Crippen LogP contribution in [0.15, 0.2) is 30.5 Å². The van der Waals surface area contributed by atoms with Crippen molar-refractivity contribution in [2.24, 2.45) is 0 Å². The van der Waals surface area contributed by atoms with Gasteiger partial charge in [0.15, 0.2) is 5.13 Å². The average Bonchev–Trinajstić information content (AvgIpc) is 2.80. The molecule has 0 aliphatic carbocycles. The molecule has 0 spiro atoms. The number of nitrogen functional groups attached to an aromatic ring is 1. The van der Waals surface area contributed by atoms with E-state index in [0.717, 1.165) is 4.88 Å².